The predicted octanol–water partition coefficient (Wildman–Crippen LogP) is 4.45. The summed E-state index contributed by atoms with van der Waals surface area (Å²) in [6.45, 7) is 2.02. The van der Waals surface area contributed by atoms with Crippen molar-refractivity contribution in [2.24, 2.45) is 0 Å². The van der Waals surface area contributed by atoms with Crippen LogP contribution >= 0.6 is 0 Å². The van der Waals surface area contributed by atoms with Crippen LogP contribution in [0.3, 0.4) is 0 Å². The van der Waals surface area contributed by atoms with Gasteiger partial charge in [-0.3, -0.25) is 9.78 Å². The van der Waals surface area contributed by atoms with E-state index < -0.39 is 0 Å². The number of aryl methyl sites for hydroxylation is 1. The third-order valence-corrected chi connectivity index (χ3v) is 3.96. The van der Waals surface area contributed by atoms with Gasteiger partial charge >= 0.3 is 0 Å². The summed E-state index contributed by atoms with van der Waals surface area (Å²) in [7, 11) is 0. The molecule has 0 saturated heterocycles. The van der Waals surface area contributed by atoms with Gasteiger partial charge in [-0.25, -0.2) is 0 Å². The third-order valence-electron chi connectivity index (χ3n) is 3.96. The number of aromatic nitrogens is 2. The Bertz CT molecular complexity index is 1050. The molecule has 4 rings (SSSR count). The first-order valence-electron chi connectivity index (χ1n) is 7.89. The molecule has 25 heavy (non-hydrogen) atoms. The standard InChI is InChI=1S/C20H15N3O2/c1-13-7-9-14(10-8-13)18-12-17(23-25-18)20(24)22-16-6-2-4-15-5-3-11-21-19(15)16/h2-12H,1H3,(H,22,24). The van der Waals surface area contributed by atoms with Crippen molar-refractivity contribution in [2.45, 2.75) is 6.92 Å². The molecule has 0 atom stereocenters. The van der Waals surface area contributed by atoms with E-state index in [2.05, 4.69) is 15.5 Å². The molecule has 0 unspecified atom stereocenters. The second kappa shape index (κ2) is 6.20. The molecule has 2 heterocycles. The summed E-state index contributed by atoms with van der Waals surface area (Å²) in [6, 6.07) is 18.9. The first-order chi connectivity index (χ1) is 12.2. The Hall–Kier alpha value is -3.47. The Morgan fingerprint density at radius 3 is 2.68 bits per heavy atom. The minimum Gasteiger partial charge on any atom is -0.355 e. The monoisotopic (exact) mass is 329 g/mol. The van der Waals surface area contributed by atoms with Crippen molar-refractivity contribution in [1.82, 2.24) is 10.1 Å². The van der Waals surface area contributed by atoms with Crippen LogP contribution in [0.4, 0.5) is 5.69 Å². The Morgan fingerprint density at radius 1 is 1.04 bits per heavy atom. The topological polar surface area (TPSA) is 68.0 Å². The number of hydrogen-bond donors (Lipinski definition) is 1. The van der Waals surface area contributed by atoms with Gasteiger partial charge in [0.25, 0.3) is 5.91 Å². The molecule has 1 amide bonds. The number of nitrogens with one attached hydrogen (secondary N) is 1. The fourth-order valence-electron chi connectivity index (χ4n) is 2.63. The number of benzene rings is 2. The van der Waals surface area contributed by atoms with Crippen LogP contribution in [0.2, 0.25) is 0 Å². The van der Waals surface area contributed by atoms with E-state index >= 15 is 0 Å². The van der Waals surface area contributed by atoms with Gasteiger partial charge in [0.05, 0.1) is 11.2 Å². The van der Waals surface area contributed by atoms with Crippen molar-refractivity contribution in [2.75, 3.05) is 5.32 Å². The van der Waals surface area contributed by atoms with Gasteiger partial charge in [-0.15, -0.1) is 0 Å². The van der Waals surface area contributed by atoms with Crippen molar-refractivity contribution in [1.29, 1.82) is 0 Å². The Morgan fingerprint density at radius 2 is 1.84 bits per heavy atom. The molecule has 2 aromatic heterocycles. The quantitative estimate of drug-likeness (QED) is 0.603. The van der Waals surface area contributed by atoms with Crippen LogP contribution in [0.15, 0.2) is 71.4 Å². The van der Waals surface area contributed by atoms with E-state index in [-0.39, 0.29) is 11.6 Å². The minimum atomic E-state index is -0.333. The fraction of sp³-hybridized carbons (Fsp3) is 0.0500. The lowest BCUT2D eigenvalue weighted by Gasteiger charge is -2.06. The number of carbonyl (C=O) groups excluding carboxylic acids is 1. The highest BCUT2D eigenvalue weighted by Gasteiger charge is 2.15. The van der Waals surface area contributed by atoms with Crippen LogP contribution in [-0.2, 0) is 0 Å². The van der Waals surface area contributed by atoms with Gasteiger partial charge in [0.2, 0.25) is 0 Å². The molecule has 4 aromatic rings. The van der Waals surface area contributed by atoms with E-state index in [4.69, 9.17) is 4.52 Å². The van der Waals surface area contributed by atoms with Gasteiger partial charge in [0.15, 0.2) is 11.5 Å². The molecule has 1 N–H and O–H groups in total. The zero-order valence-electron chi connectivity index (χ0n) is 13.6. The third kappa shape index (κ3) is 2.99. The van der Waals surface area contributed by atoms with Crippen molar-refractivity contribution in [3.8, 4) is 11.3 Å². The number of pyridine rings is 1. The molecule has 2 aromatic carbocycles. The molecule has 0 aliphatic rings. The summed E-state index contributed by atoms with van der Waals surface area (Å²) in [5, 5.41) is 7.69. The van der Waals surface area contributed by atoms with Crippen LogP contribution in [0, 0.1) is 6.92 Å². The zero-order chi connectivity index (χ0) is 17.2. The molecule has 0 bridgehead atoms. The van der Waals surface area contributed by atoms with Gasteiger partial charge in [-0.05, 0) is 19.1 Å². The summed E-state index contributed by atoms with van der Waals surface area (Å²) < 4.78 is 5.31. The number of rotatable bonds is 3. The maximum atomic E-state index is 12.5. The molecule has 0 radical (unpaired) electrons. The number of fused-ring (bicyclic) bond motifs is 1. The highest BCUT2D eigenvalue weighted by molar-refractivity contribution is 6.07. The lowest BCUT2D eigenvalue weighted by Crippen LogP contribution is -2.12. The maximum Gasteiger partial charge on any atom is 0.277 e. The molecule has 5 nitrogen and oxygen atoms in total. The highest BCUT2D eigenvalue weighted by Crippen LogP contribution is 2.23. The molecule has 0 fully saturated rings. The lowest BCUT2D eigenvalue weighted by atomic mass is 10.1. The van der Waals surface area contributed by atoms with E-state index in [1.54, 1.807) is 12.3 Å². The fourth-order valence-corrected chi connectivity index (χ4v) is 2.63. The SMILES string of the molecule is Cc1ccc(-c2cc(C(=O)Nc3cccc4cccnc34)no2)cc1. The molecule has 0 spiro atoms. The average molecular weight is 329 g/mol. The van der Waals surface area contributed by atoms with E-state index in [0.29, 0.717) is 11.4 Å². The minimum absolute atomic E-state index is 0.225. The number of amides is 1. The van der Waals surface area contributed by atoms with E-state index in [9.17, 15) is 4.79 Å². The average Bonchev–Trinajstić information content (AvgIpc) is 3.13. The molecule has 0 aliphatic carbocycles. The lowest BCUT2D eigenvalue weighted by molar-refractivity contribution is 0.101. The molecular formula is C20H15N3O2. The van der Waals surface area contributed by atoms with E-state index in [1.807, 2.05) is 61.5 Å². The number of anilines is 1. The molecule has 0 aliphatic heterocycles. The van der Waals surface area contributed by atoms with Crippen LogP contribution in [0.25, 0.3) is 22.2 Å². The number of carbonyl (C=O) groups is 1. The van der Waals surface area contributed by atoms with Crippen molar-refractivity contribution in [3.05, 3.63) is 78.1 Å². The summed E-state index contributed by atoms with van der Waals surface area (Å²) >= 11 is 0. The molecule has 122 valence electrons. The largest absolute Gasteiger partial charge is 0.355 e. The maximum absolute atomic E-state index is 12.5. The van der Waals surface area contributed by atoms with Crippen molar-refractivity contribution >= 4 is 22.5 Å². The summed E-state index contributed by atoms with van der Waals surface area (Å²) in [4.78, 5) is 16.8. The smallest absolute Gasteiger partial charge is 0.277 e. The normalized spacial score (nSPS) is 10.8. The first kappa shape index (κ1) is 15.1. The van der Waals surface area contributed by atoms with Crippen molar-refractivity contribution < 1.29 is 9.32 Å². The predicted molar refractivity (Wildman–Crippen MR) is 96.4 cm³/mol. The summed E-state index contributed by atoms with van der Waals surface area (Å²) in [5.74, 6) is 0.224. The Kier molecular flexibility index (Phi) is 3.74. The summed E-state index contributed by atoms with van der Waals surface area (Å²) in [5.41, 5.74) is 3.64. The van der Waals surface area contributed by atoms with Crippen LogP contribution in [-0.4, -0.2) is 16.0 Å². The van der Waals surface area contributed by atoms with Gasteiger partial charge < -0.3 is 9.84 Å². The highest BCUT2D eigenvalue weighted by atomic mass is 16.5. The Balaban J connectivity index is 1.60. The number of para-hydroxylation sites is 1. The molecule has 5 heteroatoms. The van der Waals surface area contributed by atoms with Gasteiger partial charge in [-0.1, -0.05) is 53.2 Å². The van der Waals surface area contributed by atoms with Crippen molar-refractivity contribution in [3.63, 3.8) is 0 Å². The van der Waals surface area contributed by atoms with Gasteiger partial charge in [0.1, 0.15) is 0 Å². The molecular weight excluding hydrogens is 314 g/mol. The van der Waals surface area contributed by atoms with E-state index in [0.717, 1.165) is 22.0 Å². The second-order valence-electron chi connectivity index (χ2n) is 5.78. The van der Waals surface area contributed by atoms with Crippen LogP contribution < -0.4 is 5.32 Å². The summed E-state index contributed by atoms with van der Waals surface area (Å²) in [6.07, 6.45) is 1.70. The zero-order valence-corrected chi connectivity index (χ0v) is 13.6. The Labute approximate surface area is 144 Å². The van der Waals surface area contributed by atoms with Gasteiger partial charge in [-0.2, -0.15) is 0 Å². The first-order valence-corrected chi connectivity index (χ1v) is 7.89. The number of nitrogens with zero attached hydrogens (tertiary/aromatic N) is 2. The van der Waals surface area contributed by atoms with Crippen LogP contribution in [0.5, 0.6) is 0 Å². The second-order valence-corrected chi connectivity index (χ2v) is 5.78. The molecule has 0 saturated carbocycles. The van der Waals surface area contributed by atoms with Gasteiger partial charge in [0, 0.05) is 23.2 Å². The van der Waals surface area contributed by atoms with E-state index in [1.165, 1.54) is 0 Å². The number of hydrogen-bond acceptors (Lipinski definition) is 4. The van der Waals surface area contributed by atoms with Crippen LogP contribution in [0.1, 0.15) is 16.1 Å².